The predicted octanol–water partition coefficient (Wildman–Crippen LogP) is 1.31. The second kappa shape index (κ2) is 3.84. The van der Waals surface area contributed by atoms with Crippen molar-refractivity contribution < 1.29 is 15.1 Å². The van der Waals surface area contributed by atoms with E-state index in [9.17, 15) is 4.79 Å². The topological polar surface area (TPSA) is 81.9 Å². The van der Waals surface area contributed by atoms with Crippen LogP contribution in [0.15, 0.2) is 23.4 Å². The summed E-state index contributed by atoms with van der Waals surface area (Å²) in [7, 11) is 0. The molecule has 1 aliphatic rings. The van der Waals surface area contributed by atoms with Crippen LogP contribution >= 0.6 is 0 Å². The smallest absolute Gasteiger partial charge is 0.326 e. The zero-order valence-corrected chi connectivity index (χ0v) is 8.77. The van der Waals surface area contributed by atoms with Crippen LogP contribution in [-0.2, 0) is 11.2 Å². The van der Waals surface area contributed by atoms with Crippen LogP contribution in [-0.4, -0.2) is 28.0 Å². The van der Waals surface area contributed by atoms with Crippen molar-refractivity contribution in [3.05, 3.63) is 29.3 Å². The van der Waals surface area contributed by atoms with Crippen molar-refractivity contribution in [2.75, 3.05) is 5.32 Å². The third kappa shape index (κ3) is 1.71. The average molecular weight is 220 g/mol. The first-order valence-corrected chi connectivity index (χ1v) is 4.93. The van der Waals surface area contributed by atoms with Gasteiger partial charge in [0.2, 0.25) is 0 Å². The van der Waals surface area contributed by atoms with Gasteiger partial charge in [0, 0.05) is 12.1 Å². The van der Waals surface area contributed by atoms with Gasteiger partial charge in [0.25, 0.3) is 0 Å². The van der Waals surface area contributed by atoms with Crippen molar-refractivity contribution in [1.29, 1.82) is 0 Å². The lowest BCUT2D eigenvalue weighted by Gasteiger charge is -2.04. The molecule has 0 amide bonds. The number of carbonyl (C=O) groups is 1. The molecule has 5 nitrogen and oxygen atoms in total. The molecule has 0 spiro atoms. The maximum Gasteiger partial charge on any atom is 0.326 e. The molecule has 0 bridgehead atoms. The lowest BCUT2D eigenvalue weighted by molar-refractivity contribution is -0.137. The molecular weight excluding hydrogens is 208 g/mol. The third-order valence-corrected chi connectivity index (χ3v) is 2.72. The molecule has 1 aromatic rings. The molecule has 84 valence electrons. The molecule has 1 heterocycles. The number of oxime groups is 1. The maximum absolute atomic E-state index is 10.8. The number of carboxylic acids is 1. The molecule has 0 saturated heterocycles. The Hall–Kier alpha value is -2.04. The third-order valence-electron chi connectivity index (χ3n) is 2.72. The Kier molecular flexibility index (Phi) is 2.52. The van der Waals surface area contributed by atoms with E-state index < -0.39 is 12.0 Å². The van der Waals surface area contributed by atoms with Gasteiger partial charge in [-0.3, -0.25) is 0 Å². The fourth-order valence-electron chi connectivity index (χ4n) is 1.79. The fraction of sp³-hybridized carbons (Fsp3) is 0.273. The molecule has 2 rings (SSSR count). The van der Waals surface area contributed by atoms with Gasteiger partial charge >= 0.3 is 5.97 Å². The van der Waals surface area contributed by atoms with Crippen LogP contribution in [0.2, 0.25) is 0 Å². The second-order valence-corrected chi connectivity index (χ2v) is 3.80. The van der Waals surface area contributed by atoms with E-state index in [0.717, 1.165) is 16.8 Å². The number of nitrogens with one attached hydrogen (secondary N) is 1. The number of anilines is 1. The molecule has 0 saturated carbocycles. The predicted molar refractivity (Wildman–Crippen MR) is 59.2 cm³/mol. The summed E-state index contributed by atoms with van der Waals surface area (Å²) in [6.45, 7) is 1.69. The summed E-state index contributed by atoms with van der Waals surface area (Å²) < 4.78 is 0. The van der Waals surface area contributed by atoms with Crippen LogP contribution in [0.4, 0.5) is 5.69 Å². The summed E-state index contributed by atoms with van der Waals surface area (Å²) in [5.74, 6) is -0.856. The van der Waals surface area contributed by atoms with Crippen molar-refractivity contribution in [3.8, 4) is 0 Å². The summed E-state index contributed by atoms with van der Waals surface area (Å²) in [5, 5.41) is 23.6. The lowest BCUT2D eigenvalue weighted by Crippen LogP contribution is -2.26. The van der Waals surface area contributed by atoms with E-state index >= 15 is 0 Å². The van der Waals surface area contributed by atoms with Crippen molar-refractivity contribution in [2.24, 2.45) is 5.16 Å². The highest BCUT2D eigenvalue weighted by Crippen LogP contribution is 2.27. The van der Waals surface area contributed by atoms with Gasteiger partial charge in [0.15, 0.2) is 0 Å². The number of rotatable bonds is 2. The van der Waals surface area contributed by atoms with Crippen LogP contribution in [0.25, 0.3) is 0 Å². The molecule has 0 fully saturated rings. The number of benzene rings is 1. The first kappa shape index (κ1) is 10.5. The summed E-state index contributed by atoms with van der Waals surface area (Å²) in [6, 6.07) is 4.89. The Labute approximate surface area is 92.4 Å². The first-order valence-electron chi connectivity index (χ1n) is 4.93. The average Bonchev–Trinajstić information content (AvgIpc) is 2.70. The Morgan fingerprint density at radius 3 is 2.94 bits per heavy atom. The number of hydrogen-bond donors (Lipinski definition) is 3. The molecule has 1 aliphatic heterocycles. The van der Waals surface area contributed by atoms with Gasteiger partial charge < -0.3 is 15.6 Å². The van der Waals surface area contributed by atoms with Gasteiger partial charge in [-0.15, -0.1) is 0 Å². The molecule has 0 aromatic heterocycles. The van der Waals surface area contributed by atoms with Crippen molar-refractivity contribution in [3.63, 3.8) is 0 Å². The quantitative estimate of drug-likeness (QED) is 0.398. The van der Waals surface area contributed by atoms with E-state index in [2.05, 4.69) is 10.5 Å². The normalized spacial score (nSPS) is 19.1. The summed E-state index contributed by atoms with van der Waals surface area (Å²) in [4.78, 5) is 10.8. The largest absolute Gasteiger partial charge is 0.480 e. The maximum atomic E-state index is 10.8. The first-order chi connectivity index (χ1) is 7.61. The molecule has 1 atom stereocenters. The Morgan fingerprint density at radius 1 is 1.56 bits per heavy atom. The molecule has 16 heavy (non-hydrogen) atoms. The molecule has 1 unspecified atom stereocenters. The Balaban J connectivity index is 2.31. The highest BCUT2D eigenvalue weighted by molar-refractivity contribution is 5.99. The minimum atomic E-state index is -0.856. The summed E-state index contributed by atoms with van der Waals surface area (Å²) in [5.41, 5.74) is 3.09. The zero-order valence-electron chi connectivity index (χ0n) is 8.77. The fourth-order valence-corrected chi connectivity index (χ4v) is 1.79. The van der Waals surface area contributed by atoms with Crippen LogP contribution < -0.4 is 5.32 Å². The molecular formula is C11H12N2O3. The minimum absolute atomic E-state index is 0.456. The van der Waals surface area contributed by atoms with Gasteiger partial charge in [0.1, 0.15) is 6.04 Å². The van der Waals surface area contributed by atoms with E-state index in [1.807, 2.05) is 12.1 Å². The Bertz CT molecular complexity index is 468. The monoisotopic (exact) mass is 220 g/mol. The van der Waals surface area contributed by atoms with Crippen LogP contribution in [0.5, 0.6) is 0 Å². The van der Waals surface area contributed by atoms with Crippen LogP contribution in [0, 0.1) is 0 Å². The highest BCUT2D eigenvalue weighted by atomic mass is 16.4. The number of nitrogens with zero attached hydrogens (tertiary/aromatic N) is 1. The van der Waals surface area contributed by atoms with E-state index in [0.29, 0.717) is 12.1 Å². The lowest BCUT2D eigenvalue weighted by atomic mass is 10.0. The molecule has 0 aliphatic carbocycles. The number of carboxylic acid groups (broad SMARTS) is 1. The molecule has 3 N–H and O–H groups in total. The summed E-state index contributed by atoms with van der Waals surface area (Å²) in [6.07, 6.45) is 0.456. The van der Waals surface area contributed by atoms with E-state index in [-0.39, 0.29) is 0 Å². The molecule has 0 radical (unpaired) electrons. The minimum Gasteiger partial charge on any atom is -0.480 e. The zero-order chi connectivity index (χ0) is 11.7. The highest BCUT2D eigenvalue weighted by Gasteiger charge is 2.26. The van der Waals surface area contributed by atoms with Crippen LogP contribution in [0.3, 0.4) is 0 Å². The van der Waals surface area contributed by atoms with Gasteiger partial charge in [-0.1, -0.05) is 11.2 Å². The van der Waals surface area contributed by atoms with Crippen molar-refractivity contribution in [1.82, 2.24) is 0 Å². The molecule has 1 aromatic carbocycles. The van der Waals surface area contributed by atoms with Gasteiger partial charge in [-0.2, -0.15) is 0 Å². The van der Waals surface area contributed by atoms with Gasteiger partial charge in [-0.05, 0) is 30.2 Å². The van der Waals surface area contributed by atoms with Crippen molar-refractivity contribution in [2.45, 2.75) is 19.4 Å². The van der Waals surface area contributed by atoms with E-state index in [4.69, 9.17) is 10.3 Å². The van der Waals surface area contributed by atoms with Crippen LogP contribution in [0.1, 0.15) is 18.1 Å². The summed E-state index contributed by atoms with van der Waals surface area (Å²) >= 11 is 0. The van der Waals surface area contributed by atoms with E-state index in [1.54, 1.807) is 13.0 Å². The van der Waals surface area contributed by atoms with E-state index in [1.165, 1.54) is 0 Å². The van der Waals surface area contributed by atoms with Gasteiger partial charge in [0.05, 0.1) is 5.71 Å². The second-order valence-electron chi connectivity index (χ2n) is 3.80. The SMILES string of the molecule is CC(=NO)c1ccc2c(c1)CC(C(=O)O)N2. The van der Waals surface area contributed by atoms with Crippen molar-refractivity contribution >= 4 is 17.4 Å². The van der Waals surface area contributed by atoms with Gasteiger partial charge in [-0.25, -0.2) is 4.79 Å². The number of fused-ring (bicyclic) bond motifs is 1. The number of aliphatic carboxylic acids is 1. The Morgan fingerprint density at radius 2 is 2.31 bits per heavy atom. The standard InChI is InChI=1S/C11H12N2O3/c1-6(13-16)7-2-3-9-8(4-7)5-10(12-9)11(14)15/h2-4,10,12,16H,5H2,1H3,(H,14,15). The number of hydrogen-bond acceptors (Lipinski definition) is 4. The molecule has 5 heteroatoms.